The summed E-state index contributed by atoms with van der Waals surface area (Å²) in [4.78, 5) is 0. The average Bonchev–Trinajstić information content (AvgIpc) is 2.63. The van der Waals surface area contributed by atoms with E-state index in [0.29, 0.717) is 28.7 Å². The number of nitrogens with zero attached hydrogens (tertiary/aromatic N) is 3. The van der Waals surface area contributed by atoms with Crippen molar-refractivity contribution in [2.24, 2.45) is 17.1 Å². The van der Waals surface area contributed by atoms with E-state index >= 15 is 0 Å². The zero-order valence-corrected chi connectivity index (χ0v) is 14.6. The Morgan fingerprint density at radius 2 is 2.00 bits per heavy atom. The van der Waals surface area contributed by atoms with Gasteiger partial charge in [-0.2, -0.15) is 15.8 Å². The molecule has 0 saturated heterocycles. The standard InChI is InChI=1S/C18H13BrFN5/c19-10-1-2-15(20)11(5-10)16-12(6-21)17(24)18(8-22,9-23)14-3-4-25-7-13(14)16/h1-3,5,13,16,25H,4,7,24H2. The van der Waals surface area contributed by atoms with E-state index in [1.54, 1.807) is 18.2 Å². The Balaban J connectivity index is 2.35. The monoisotopic (exact) mass is 397 g/mol. The summed E-state index contributed by atoms with van der Waals surface area (Å²) >= 11 is 3.33. The van der Waals surface area contributed by atoms with E-state index in [-0.39, 0.29) is 11.3 Å². The van der Waals surface area contributed by atoms with Gasteiger partial charge in [0.1, 0.15) is 5.82 Å². The first-order chi connectivity index (χ1) is 12.0. The summed E-state index contributed by atoms with van der Waals surface area (Å²) in [7, 11) is 0. The summed E-state index contributed by atoms with van der Waals surface area (Å²) in [5, 5.41) is 32.2. The van der Waals surface area contributed by atoms with Crippen molar-refractivity contribution in [1.29, 1.82) is 15.8 Å². The van der Waals surface area contributed by atoms with Crippen LogP contribution in [0.4, 0.5) is 4.39 Å². The lowest BCUT2D eigenvalue weighted by Crippen LogP contribution is -2.46. The van der Waals surface area contributed by atoms with Crippen molar-refractivity contribution in [2.45, 2.75) is 5.92 Å². The van der Waals surface area contributed by atoms with Crippen molar-refractivity contribution in [3.8, 4) is 18.2 Å². The second-order valence-corrected chi connectivity index (χ2v) is 6.90. The van der Waals surface area contributed by atoms with Gasteiger partial charge in [-0.05, 0) is 29.3 Å². The van der Waals surface area contributed by atoms with Crippen LogP contribution in [-0.2, 0) is 0 Å². The molecule has 0 spiro atoms. The van der Waals surface area contributed by atoms with E-state index in [9.17, 15) is 20.2 Å². The number of fused-ring (bicyclic) bond motifs is 1. The minimum absolute atomic E-state index is 0.0750. The van der Waals surface area contributed by atoms with Crippen LogP contribution >= 0.6 is 15.9 Å². The first-order valence-electron chi connectivity index (χ1n) is 7.59. The van der Waals surface area contributed by atoms with Crippen LogP contribution in [0.15, 0.2) is 45.6 Å². The van der Waals surface area contributed by atoms with Gasteiger partial charge >= 0.3 is 0 Å². The van der Waals surface area contributed by atoms with Crippen molar-refractivity contribution in [3.63, 3.8) is 0 Å². The van der Waals surface area contributed by atoms with Crippen LogP contribution in [0.25, 0.3) is 0 Å². The van der Waals surface area contributed by atoms with Crippen molar-refractivity contribution in [2.75, 3.05) is 13.1 Å². The van der Waals surface area contributed by atoms with Gasteiger partial charge in [0.25, 0.3) is 0 Å². The number of hydrogen-bond donors (Lipinski definition) is 2. The molecule has 1 heterocycles. The van der Waals surface area contributed by atoms with Crippen LogP contribution in [0.3, 0.4) is 0 Å². The molecule has 7 heteroatoms. The predicted octanol–water partition coefficient (Wildman–Crippen LogP) is 2.60. The molecule has 3 N–H and O–H groups in total. The summed E-state index contributed by atoms with van der Waals surface area (Å²) in [5.74, 6) is -1.52. The van der Waals surface area contributed by atoms with E-state index < -0.39 is 23.1 Å². The Bertz CT molecular complexity index is 914. The molecule has 2 atom stereocenters. The Kier molecular flexibility index (Phi) is 4.35. The van der Waals surface area contributed by atoms with E-state index in [2.05, 4.69) is 21.2 Å². The van der Waals surface area contributed by atoms with Gasteiger partial charge in [0.15, 0.2) is 0 Å². The van der Waals surface area contributed by atoms with Gasteiger partial charge in [-0.3, -0.25) is 0 Å². The molecule has 1 aromatic carbocycles. The minimum atomic E-state index is -1.68. The number of nitrogens with two attached hydrogens (primary N) is 1. The number of nitrogens with one attached hydrogen (secondary N) is 1. The van der Waals surface area contributed by atoms with Crippen LogP contribution in [0.2, 0.25) is 0 Å². The molecule has 25 heavy (non-hydrogen) atoms. The number of hydrogen-bond acceptors (Lipinski definition) is 5. The maximum Gasteiger partial charge on any atom is 0.204 e. The Morgan fingerprint density at radius 3 is 2.64 bits per heavy atom. The van der Waals surface area contributed by atoms with Crippen molar-refractivity contribution in [3.05, 3.63) is 57.0 Å². The highest BCUT2D eigenvalue weighted by atomic mass is 79.9. The predicted molar refractivity (Wildman–Crippen MR) is 91.8 cm³/mol. The van der Waals surface area contributed by atoms with Crippen LogP contribution in [0, 0.1) is 51.1 Å². The van der Waals surface area contributed by atoms with Gasteiger partial charge in [0.2, 0.25) is 5.41 Å². The molecule has 1 aliphatic carbocycles. The summed E-state index contributed by atoms with van der Waals surface area (Å²) in [5.41, 5.74) is 5.27. The molecule has 0 amide bonds. The fourth-order valence-electron chi connectivity index (χ4n) is 3.67. The third-order valence-electron chi connectivity index (χ3n) is 4.82. The first kappa shape index (κ1) is 17.2. The molecule has 0 saturated carbocycles. The molecule has 0 radical (unpaired) electrons. The van der Waals surface area contributed by atoms with Gasteiger partial charge in [0, 0.05) is 29.4 Å². The van der Waals surface area contributed by atoms with Gasteiger partial charge in [-0.15, -0.1) is 0 Å². The lowest BCUT2D eigenvalue weighted by molar-refractivity contribution is 0.397. The number of rotatable bonds is 1. The maximum atomic E-state index is 14.5. The van der Waals surface area contributed by atoms with Gasteiger partial charge < -0.3 is 11.1 Å². The number of benzene rings is 1. The fraction of sp³-hybridized carbons (Fsp3) is 0.278. The van der Waals surface area contributed by atoms with E-state index in [0.717, 1.165) is 0 Å². The lowest BCUT2D eigenvalue weighted by Gasteiger charge is -2.42. The molecular weight excluding hydrogens is 385 g/mol. The lowest BCUT2D eigenvalue weighted by atomic mass is 9.60. The highest BCUT2D eigenvalue weighted by molar-refractivity contribution is 9.10. The minimum Gasteiger partial charge on any atom is -0.399 e. The third-order valence-corrected chi connectivity index (χ3v) is 5.31. The zero-order valence-electron chi connectivity index (χ0n) is 13.1. The molecule has 2 unspecified atom stereocenters. The Labute approximate surface area is 153 Å². The van der Waals surface area contributed by atoms with E-state index in [1.165, 1.54) is 6.07 Å². The molecule has 0 aromatic heterocycles. The summed E-state index contributed by atoms with van der Waals surface area (Å²) in [6, 6.07) is 10.5. The molecule has 0 bridgehead atoms. The van der Waals surface area contributed by atoms with Crippen LogP contribution in [0.1, 0.15) is 11.5 Å². The number of nitriles is 3. The Hall–Kier alpha value is -2.66. The van der Waals surface area contributed by atoms with Gasteiger partial charge in [-0.25, -0.2) is 4.39 Å². The van der Waals surface area contributed by atoms with E-state index in [1.807, 2.05) is 18.2 Å². The van der Waals surface area contributed by atoms with Crippen LogP contribution in [-0.4, -0.2) is 13.1 Å². The van der Waals surface area contributed by atoms with E-state index in [4.69, 9.17) is 5.73 Å². The average molecular weight is 398 g/mol. The molecule has 1 aromatic rings. The Morgan fingerprint density at radius 1 is 1.28 bits per heavy atom. The topological polar surface area (TPSA) is 109 Å². The molecule has 3 rings (SSSR count). The first-order valence-corrected chi connectivity index (χ1v) is 8.38. The molecule has 2 aliphatic rings. The molecule has 1 aliphatic heterocycles. The summed E-state index contributed by atoms with van der Waals surface area (Å²) in [6.07, 6.45) is 1.75. The van der Waals surface area contributed by atoms with Crippen LogP contribution < -0.4 is 11.1 Å². The van der Waals surface area contributed by atoms with Crippen molar-refractivity contribution in [1.82, 2.24) is 5.32 Å². The normalized spacial score (nSPS) is 24.4. The molecule has 124 valence electrons. The van der Waals surface area contributed by atoms with Crippen molar-refractivity contribution >= 4 is 15.9 Å². The smallest absolute Gasteiger partial charge is 0.204 e. The van der Waals surface area contributed by atoms with Crippen molar-refractivity contribution < 1.29 is 4.39 Å². The largest absolute Gasteiger partial charge is 0.399 e. The van der Waals surface area contributed by atoms with Gasteiger partial charge in [-0.1, -0.05) is 22.0 Å². The number of halogens is 2. The SMILES string of the molecule is N#CC1=C(N)C(C#N)(C#N)C2=CCNCC2C1c1cc(Br)ccc1F. The highest BCUT2D eigenvalue weighted by Crippen LogP contribution is 2.52. The van der Waals surface area contributed by atoms with Gasteiger partial charge in [0.05, 0.1) is 29.5 Å². The second-order valence-electron chi connectivity index (χ2n) is 5.98. The molecular formula is C18H13BrFN5. The quantitative estimate of drug-likeness (QED) is 0.707. The molecule has 0 fully saturated rings. The number of allylic oxidation sites excluding steroid dienone is 2. The summed E-state index contributed by atoms with van der Waals surface area (Å²) in [6.45, 7) is 0.909. The van der Waals surface area contributed by atoms with Crippen LogP contribution in [0.5, 0.6) is 0 Å². The maximum absolute atomic E-state index is 14.5. The second kappa shape index (κ2) is 6.33. The fourth-order valence-corrected chi connectivity index (χ4v) is 4.05. The third kappa shape index (κ3) is 2.43. The zero-order chi connectivity index (χ0) is 18.2. The highest BCUT2D eigenvalue weighted by Gasteiger charge is 2.52. The molecule has 5 nitrogen and oxygen atoms in total. The summed E-state index contributed by atoms with van der Waals surface area (Å²) < 4.78 is 15.2.